The molecule has 0 amide bonds. The number of nitrogens with zero attached hydrogens (tertiary/aromatic N) is 1. The molecule has 19 heavy (non-hydrogen) atoms. The predicted octanol–water partition coefficient (Wildman–Crippen LogP) is 2.66. The summed E-state index contributed by atoms with van der Waals surface area (Å²) in [5.41, 5.74) is 0.621. The highest BCUT2D eigenvalue weighted by Gasteiger charge is 2.34. The number of nitrogens with one attached hydrogen (secondary N) is 1. The van der Waals surface area contributed by atoms with E-state index in [1.54, 1.807) is 0 Å². The third-order valence-corrected chi connectivity index (χ3v) is 5.28. The summed E-state index contributed by atoms with van der Waals surface area (Å²) in [6, 6.07) is 0. The summed E-state index contributed by atoms with van der Waals surface area (Å²) in [4.78, 5) is 2.65. The van der Waals surface area contributed by atoms with Gasteiger partial charge >= 0.3 is 0 Å². The van der Waals surface area contributed by atoms with Crippen LogP contribution in [0, 0.1) is 5.41 Å². The first-order valence-electron chi connectivity index (χ1n) is 8.33. The highest BCUT2D eigenvalue weighted by atomic mass is 16.5. The number of likely N-dealkylation sites (tertiary alicyclic amines) is 1. The number of hydrogen-bond donors (Lipinski definition) is 1. The van der Waals surface area contributed by atoms with E-state index in [1.165, 1.54) is 58.2 Å². The molecule has 1 N–H and O–H groups in total. The van der Waals surface area contributed by atoms with Crippen molar-refractivity contribution in [2.45, 2.75) is 58.5 Å². The van der Waals surface area contributed by atoms with Crippen molar-refractivity contribution in [2.75, 3.05) is 39.3 Å². The molecule has 2 heterocycles. The minimum Gasteiger partial charge on any atom is -0.378 e. The topological polar surface area (TPSA) is 24.5 Å². The molecule has 0 unspecified atom stereocenters. The average molecular weight is 268 g/mol. The van der Waals surface area contributed by atoms with Gasteiger partial charge in [-0.05, 0) is 63.6 Å². The van der Waals surface area contributed by atoms with Gasteiger partial charge in [0.05, 0.1) is 6.10 Å². The third kappa shape index (κ3) is 4.44. The van der Waals surface area contributed by atoms with E-state index in [0.717, 1.165) is 19.7 Å². The van der Waals surface area contributed by atoms with Crippen LogP contribution >= 0.6 is 0 Å². The summed E-state index contributed by atoms with van der Waals surface area (Å²) in [5.74, 6) is 0. The van der Waals surface area contributed by atoms with E-state index in [-0.39, 0.29) is 0 Å². The quantitative estimate of drug-likeness (QED) is 0.718. The number of hydrogen-bond acceptors (Lipinski definition) is 3. The Bertz CT molecular complexity index is 247. The normalized spacial score (nSPS) is 24.9. The first kappa shape index (κ1) is 15.3. The minimum absolute atomic E-state index is 0.519. The van der Waals surface area contributed by atoms with E-state index in [1.807, 2.05) is 0 Å². The van der Waals surface area contributed by atoms with Crippen molar-refractivity contribution >= 4 is 0 Å². The van der Waals surface area contributed by atoms with Crippen LogP contribution in [0.15, 0.2) is 0 Å². The second kappa shape index (κ2) is 7.61. The Morgan fingerprint density at radius 2 is 1.95 bits per heavy atom. The molecule has 2 aliphatic heterocycles. The third-order valence-electron chi connectivity index (χ3n) is 5.28. The van der Waals surface area contributed by atoms with Crippen LogP contribution in [-0.2, 0) is 4.74 Å². The molecule has 0 aromatic carbocycles. The maximum absolute atomic E-state index is 5.98. The summed E-state index contributed by atoms with van der Waals surface area (Å²) in [7, 11) is 0. The van der Waals surface area contributed by atoms with Gasteiger partial charge in [-0.1, -0.05) is 13.8 Å². The van der Waals surface area contributed by atoms with Gasteiger partial charge in [-0.2, -0.15) is 0 Å². The summed E-state index contributed by atoms with van der Waals surface area (Å²) in [6.07, 6.45) is 8.18. The van der Waals surface area contributed by atoms with Gasteiger partial charge in [0.2, 0.25) is 0 Å². The van der Waals surface area contributed by atoms with Crippen molar-refractivity contribution in [2.24, 2.45) is 5.41 Å². The molecule has 0 aromatic rings. The van der Waals surface area contributed by atoms with E-state index in [9.17, 15) is 0 Å². The van der Waals surface area contributed by atoms with Gasteiger partial charge in [0.15, 0.2) is 0 Å². The molecule has 3 heteroatoms. The highest BCUT2D eigenvalue weighted by molar-refractivity contribution is 4.87. The zero-order valence-electron chi connectivity index (χ0n) is 12.9. The lowest BCUT2D eigenvalue weighted by Gasteiger charge is -2.27. The van der Waals surface area contributed by atoms with Crippen LogP contribution in [0.4, 0.5) is 0 Å². The van der Waals surface area contributed by atoms with E-state index in [2.05, 4.69) is 24.1 Å². The van der Waals surface area contributed by atoms with Crippen molar-refractivity contribution in [3.63, 3.8) is 0 Å². The van der Waals surface area contributed by atoms with Gasteiger partial charge in [0.1, 0.15) is 0 Å². The first-order chi connectivity index (χ1) is 9.28. The molecular weight excluding hydrogens is 236 g/mol. The fourth-order valence-electron chi connectivity index (χ4n) is 3.55. The Labute approximate surface area is 119 Å². The number of piperidine rings is 1. The molecule has 2 saturated heterocycles. The molecule has 0 aromatic heterocycles. The van der Waals surface area contributed by atoms with Gasteiger partial charge in [0.25, 0.3) is 0 Å². The van der Waals surface area contributed by atoms with E-state index >= 15 is 0 Å². The SMILES string of the molecule is CCC1(CC)CCN(CCCOC2CCNCC2)C1. The van der Waals surface area contributed by atoms with Crippen molar-refractivity contribution < 1.29 is 4.74 Å². The summed E-state index contributed by atoms with van der Waals surface area (Å²) in [6.45, 7) is 11.8. The van der Waals surface area contributed by atoms with E-state index in [4.69, 9.17) is 4.74 Å². The molecule has 2 aliphatic rings. The lowest BCUT2D eigenvalue weighted by Crippen LogP contribution is -2.33. The zero-order valence-corrected chi connectivity index (χ0v) is 12.9. The summed E-state index contributed by atoms with van der Waals surface area (Å²) in [5, 5.41) is 3.38. The van der Waals surface area contributed by atoms with E-state index < -0.39 is 0 Å². The van der Waals surface area contributed by atoms with Crippen LogP contribution in [0.1, 0.15) is 52.4 Å². The van der Waals surface area contributed by atoms with Crippen LogP contribution in [0.3, 0.4) is 0 Å². The second-order valence-electron chi connectivity index (χ2n) is 6.41. The first-order valence-corrected chi connectivity index (χ1v) is 8.33. The zero-order chi connectivity index (χ0) is 13.6. The maximum atomic E-state index is 5.98. The second-order valence-corrected chi connectivity index (χ2v) is 6.41. The molecule has 3 nitrogen and oxygen atoms in total. The highest BCUT2D eigenvalue weighted by Crippen LogP contribution is 2.36. The maximum Gasteiger partial charge on any atom is 0.0599 e. The Morgan fingerprint density at radius 3 is 2.58 bits per heavy atom. The van der Waals surface area contributed by atoms with Gasteiger partial charge in [-0.3, -0.25) is 0 Å². The summed E-state index contributed by atoms with van der Waals surface area (Å²) >= 11 is 0. The minimum atomic E-state index is 0.519. The predicted molar refractivity (Wildman–Crippen MR) is 80.5 cm³/mol. The van der Waals surface area contributed by atoms with Gasteiger partial charge in [-0.25, -0.2) is 0 Å². The van der Waals surface area contributed by atoms with Crippen molar-refractivity contribution in [1.29, 1.82) is 0 Å². The fourth-order valence-corrected chi connectivity index (χ4v) is 3.55. The van der Waals surface area contributed by atoms with Crippen LogP contribution in [0.5, 0.6) is 0 Å². The van der Waals surface area contributed by atoms with Crippen LogP contribution in [0.25, 0.3) is 0 Å². The Balaban J connectivity index is 1.56. The Kier molecular flexibility index (Phi) is 6.11. The molecule has 0 atom stereocenters. The van der Waals surface area contributed by atoms with Crippen molar-refractivity contribution in [3.05, 3.63) is 0 Å². The smallest absolute Gasteiger partial charge is 0.0599 e. The van der Waals surface area contributed by atoms with Crippen molar-refractivity contribution in [3.8, 4) is 0 Å². The molecular formula is C16H32N2O. The molecule has 2 rings (SSSR count). The largest absolute Gasteiger partial charge is 0.378 e. The number of rotatable bonds is 7. The van der Waals surface area contributed by atoms with Gasteiger partial charge in [-0.15, -0.1) is 0 Å². The van der Waals surface area contributed by atoms with Crippen LogP contribution in [0.2, 0.25) is 0 Å². The fraction of sp³-hybridized carbons (Fsp3) is 1.00. The standard InChI is InChI=1S/C16H32N2O/c1-3-16(4-2)8-12-18(14-16)11-5-13-19-15-6-9-17-10-7-15/h15,17H,3-14H2,1-2H3. The lowest BCUT2D eigenvalue weighted by atomic mass is 9.82. The molecule has 0 spiro atoms. The van der Waals surface area contributed by atoms with Crippen LogP contribution in [-0.4, -0.2) is 50.3 Å². The van der Waals surface area contributed by atoms with E-state index in [0.29, 0.717) is 11.5 Å². The average Bonchev–Trinajstić information content (AvgIpc) is 2.89. The molecule has 0 aliphatic carbocycles. The molecule has 112 valence electrons. The number of ether oxygens (including phenoxy) is 1. The molecule has 0 radical (unpaired) electrons. The monoisotopic (exact) mass is 268 g/mol. The molecule has 0 saturated carbocycles. The Hall–Kier alpha value is -0.120. The summed E-state index contributed by atoms with van der Waals surface area (Å²) < 4.78 is 5.98. The molecule has 0 bridgehead atoms. The molecule has 2 fully saturated rings. The van der Waals surface area contributed by atoms with Crippen molar-refractivity contribution in [1.82, 2.24) is 10.2 Å². The van der Waals surface area contributed by atoms with Gasteiger partial charge in [0, 0.05) is 19.7 Å². The van der Waals surface area contributed by atoms with Gasteiger partial charge < -0.3 is 15.0 Å². The van der Waals surface area contributed by atoms with Crippen LogP contribution < -0.4 is 5.32 Å². The Morgan fingerprint density at radius 1 is 1.21 bits per heavy atom. The lowest BCUT2D eigenvalue weighted by molar-refractivity contribution is 0.0281.